The number of ketones is 1. The van der Waals surface area contributed by atoms with Crippen LogP contribution in [0.4, 0.5) is 0 Å². The zero-order valence-electron chi connectivity index (χ0n) is 7.35. The molecule has 0 atom stereocenters. The van der Waals surface area contributed by atoms with Crippen LogP contribution in [0.2, 0.25) is 0 Å². The largest absolute Gasteiger partial charge is 0.292 e. The second kappa shape index (κ2) is 4.61. The molecule has 0 aliphatic heterocycles. The third-order valence-corrected chi connectivity index (χ3v) is 2.52. The van der Waals surface area contributed by atoms with Crippen molar-refractivity contribution in [2.45, 2.75) is 45.1 Å². The molecule has 1 rings (SSSR count). The van der Waals surface area contributed by atoms with E-state index in [1.807, 2.05) is 0 Å². The number of hydrogen-bond acceptors (Lipinski definition) is 2. The van der Waals surface area contributed by atoms with E-state index in [0.717, 1.165) is 12.8 Å². The molecule has 0 heterocycles. The van der Waals surface area contributed by atoms with E-state index in [4.69, 9.17) is 11.6 Å². The van der Waals surface area contributed by atoms with Crippen molar-refractivity contribution >= 4 is 22.6 Å². The van der Waals surface area contributed by atoms with Gasteiger partial charge in [0.1, 0.15) is 0 Å². The van der Waals surface area contributed by atoms with Crippen molar-refractivity contribution in [1.29, 1.82) is 0 Å². The number of rotatable bonds is 2. The van der Waals surface area contributed by atoms with Crippen molar-refractivity contribution in [1.82, 2.24) is 0 Å². The fourth-order valence-corrected chi connectivity index (χ4v) is 1.60. The van der Waals surface area contributed by atoms with Gasteiger partial charge in [-0.25, -0.2) is 0 Å². The lowest BCUT2D eigenvalue weighted by Crippen LogP contribution is -2.13. The van der Waals surface area contributed by atoms with E-state index in [1.54, 1.807) is 0 Å². The van der Waals surface area contributed by atoms with E-state index in [-0.39, 0.29) is 11.0 Å². The Bertz CT molecular complexity index is 195. The maximum absolute atomic E-state index is 10.8. The van der Waals surface area contributed by atoms with E-state index in [2.05, 4.69) is 4.99 Å². The SMILES string of the molecule is CC(=O)C(Cl)=NC1CCCCC1. The lowest BCUT2D eigenvalue weighted by atomic mass is 9.96. The summed E-state index contributed by atoms with van der Waals surface area (Å²) in [5.41, 5.74) is 0. The second-order valence-corrected chi connectivity index (χ2v) is 3.63. The normalized spacial score (nSPS) is 21.0. The molecular weight excluding hydrogens is 174 g/mol. The Balaban J connectivity index is 2.47. The van der Waals surface area contributed by atoms with Crippen LogP contribution in [-0.4, -0.2) is 17.0 Å². The Labute approximate surface area is 78.0 Å². The molecule has 1 fully saturated rings. The van der Waals surface area contributed by atoms with E-state index in [9.17, 15) is 4.79 Å². The van der Waals surface area contributed by atoms with Gasteiger partial charge in [-0.3, -0.25) is 9.79 Å². The Kier molecular flexibility index (Phi) is 3.73. The van der Waals surface area contributed by atoms with Crippen molar-refractivity contribution in [3.8, 4) is 0 Å². The predicted octanol–water partition coefficient (Wildman–Crippen LogP) is 2.55. The van der Waals surface area contributed by atoms with Crippen molar-refractivity contribution < 1.29 is 4.79 Å². The number of carbonyl (C=O) groups excluding carboxylic acids is 1. The van der Waals surface area contributed by atoms with Crippen LogP contribution in [0.25, 0.3) is 0 Å². The number of aliphatic imine (C=N–C) groups is 1. The van der Waals surface area contributed by atoms with Gasteiger partial charge in [-0.15, -0.1) is 0 Å². The molecule has 0 bridgehead atoms. The van der Waals surface area contributed by atoms with Gasteiger partial charge in [-0.05, 0) is 12.8 Å². The van der Waals surface area contributed by atoms with Gasteiger partial charge in [-0.1, -0.05) is 30.9 Å². The first-order valence-electron chi connectivity index (χ1n) is 4.44. The molecule has 0 N–H and O–H groups in total. The summed E-state index contributed by atoms with van der Waals surface area (Å²) in [4.78, 5) is 14.9. The monoisotopic (exact) mass is 187 g/mol. The van der Waals surface area contributed by atoms with Crippen LogP contribution in [0.3, 0.4) is 0 Å². The minimum Gasteiger partial charge on any atom is -0.292 e. The first-order chi connectivity index (χ1) is 5.70. The molecule has 0 spiro atoms. The van der Waals surface area contributed by atoms with E-state index >= 15 is 0 Å². The number of Topliss-reactive ketones (excluding diaryl/α,β-unsaturated/α-hetero) is 1. The van der Waals surface area contributed by atoms with Gasteiger partial charge in [0.25, 0.3) is 0 Å². The van der Waals surface area contributed by atoms with Crippen molar-refractivity contribution in [3.63, 3.8) is 0 Å². The molecule has 68 valence electrons. The minimum absolute atomic E-state index is 0.123. The van der Waals surface area contributed by atoms with Gasteiger partial charge in [-0.2, -0.15) is 0 Å². The smallest absolute Gasteiger partial charge is 0.189 e. The summed E-state index contributed by atoms with van der Waals surface area (Å²) in [6, 6.07) is 0.301. The fraction of sp³-hybridized carbons (Fsp3) is 0.778. The average Bonchev–Trinajstić information content (AvgIpc) is 2.06. The molecular formula is C9H14ClNO. The number of halogens is 1. The second-order valence-electron chi connectivity index (χ2n) is 3.27. The summed E-state index contributed by atoms with van der Waals surface area (Å²) >= 11 is 5.65. The topological polar surface area (TPSA) is 29.4 Å². The number of nitrogens with zero attached hydrogens (tertiary/aromatic N) is 1. The lowest BCUT2D eigenvalue weighted by Gasteiger charge is -2.17. The molecule has 1 aliphatic rings. The standard InChI is InChI=1S/C9H14ClNO/c1-7(12)9(10)11-8-5-3-2-4-6-8/h8H,2-6H2,1H3. The van der Waals surface area contributed by atoms with E-state index in [0.29, 0.717) is 6.04 Å². The van der Waals surface area contributed by atoms with Gasteiger partial charge in [0.05, 0.1) is 6.04 Å². The first-order valence-corrected chi connectivity index (χ1v) is 4.82. The van der Waals surface area contributed by atoms with Crippen LogP contribution in [-0.2, 0) is 4.79 Å². The van der Waals surface area contributed by atoms with E-state index in [1.165, 1.54) is 26.2 Å². The minimum atomic E-state index is -0.123. The Hall–Kier alpha value is -0.370. The Morgan fingerprint density at radius 1 is 1.33 bits per heavy atom. The molecule has 0 saturated heterocycles. The van der Waals surface area contributed by atoms with Gasteiger partial charge in [0.2, 0.25) is 0 Å². The summed E-state index contributed by atoms with van der Waals surface area (Å²) in [6.45, 7) is 1.45. The van der Waals surface area contributed by atoms with E-state index < -0.39 is 0 Å². The molecule has 1 saturated carbocycles. The highest BCUT2D eigenvalue weighted by molar-refractivity contribution is 6.82. The molecule has 1 aliphatic carbocycles. The van der Waals surface area contributed by atoms with Crippen LogP contribution >= 0.6 is 11.6 Å². The molecule has 0 aromatic carbocycles. The number of hydrogen-bond donors (Lipinski definition) is 0. The van der Waals surface area contributed by atoms with Crippen LogP contribution < -0.4 is 0 Å². The highest BCUT2D eigenvalue weighted by Gasteiger charge is 2.13. The third kappa shape index (κ3) is 2.94. The summed E-state index contributed by atoms with van der Waals surface area (Å²) < 4.78 is 0. The van der Waals surface area contributed by atoms with Crippen LogP contribution in [0, 0.1) is 0 Å². The fourth-order valence-electron chi connectivity index (χ4n) is 1.46. The quantitative estimate of drug-likeness (QED) is 0.611. The highest BCUT2D eigenvalue weighted by atomic mass is 35.5. The number of carbonyl (C=O) groups is 1. The maximum Gasteiger partial charge on any atom is 0.189 e. The molecule has 0 aromatic rings. The van der Waals surface area contributed by atoms with Gasteiger partial charge in [0.15, 0.2) is 11.0 Å². The first kappa shape index (κ1) is 9.72. The van der Waals surface area contributed by atoms with Crippen molar-refractivity contribution in [3.05, 3.63) is 0 Å². The summed E-state index contributed by atoms with van der Waals surface area (Å²) in [5.74, 6) is -0.123. The molecule has 0 aromatic heterocycles. The predicted molar refractivity (Wildman–Crippen MR) is 50.8 cm³/mol. The molecule has 12 heavy (non-hydrogen) atoms. The van der Waals surface area contributed by atoms with Crippen LogP contribution in [0.1, 0.15) is 39.0 Å². The Morgan fingerprint density at radius 2 is 1.92 bits per heavy atom. The lowest BCUT2D eigenvalue weighted by molar-refractivity contribution is -0.110. The van der Waals surface area contributed by atoms with Crippen molar-refractivity contribution in [2.24, 2.45) is 4.99 Å². The summed E-state index contributed by atoms with van der Waals surface area (Å²) in [7, 11) is 0. The highest BCUT2D eigenvalue weighted by Crippen LogP contribution is 2.20. The van der Waals surface area contributed by atoms with Crippen LogP contribution in [0.5, 0.6) is 0 Å². The zero-order chi connectivity index (χ0) is 8.97. The molecule has 3 heteroatoms. The van der Waals surface area contributed by atoms with Gasteiger partial charge in [0, 0.05) is 6.92 Å². The van der Waals surface area contributed by atoms with Crippen LogP contribution in [0.15, 0.2) is 4.99 Å². The average molecular weight is 188 g/mol. The molecule has 0 unspecified atom stereocenters. The molecule has 2 nitrogen and oxygen atoms in total. The Morgan fingerprint density at radius 3 is 2.42 bits per heavy atom. The van der Waals surface area contributed by atoms with Crippen molar-refractivity contribution in [2.75, 3.05) is 0 Å². The third-order valence-electron chi connectivity index (χ3n) is 2.16. The maximum atomic E-state index is 10.8. The molecule has 0 radical (unpaired) electrons. The zero-order valence-corrected chi connectivity index (χ0v) is 8.10. The summed E-state index contributed by atoms with van der Waals surface area (Å²) in [5, 5.41) is 0.168. The summed E-state index contributed by atoms with van der Waals surface area (Å²) in [6.07, 6.45) is 5.91. The van der Waals surface area contributed by atoms with Gasteiger partial charge < -0.3 is 0 Å². The molecule has 0 amide bonds. The van der Waals surface area contributed by atoms with Gasteiger partial charge >= 0.3 is 0 Å².